The van der Waals surface area contributed by atoms with Gasteiger partial charge in [-0.25, -0.2) is 4.39 Å². The largest absolute Gasteiger partial charge is 0.507 e. The molecular formula is C31H29FN2O2. The maximum atomic E-state index is 13.9. The van der Waals surface area contributed by atoms with Crippen LogP contribution in [0.25, 0.3) is 5.76 Å². The van der Waals surface area contributed by atoms with Gasteiger partial charge < -0.3 is 5.11 Å². The number of hydrogen-bond acceptors (Lipinski definition) is 3. The van der Waals surface area contributed by atoms with Crippen LogP contribution in [0.2, 0.25) is 0 Å². The van der Waals surface area contributed by atoms with E-state index < -0.39 is 5.92 Å². The predicted molar refractivity (Wildman–Crippen MR) is 142 cm³/mol. The van der Waals surface area contributed by atoms with Gasteiger partial charge in [0.15, 0.2) is 5.78 Å². The third-order valence-electron chi connectivity index (χ3n) is 7.08. The van der Waals surface area contributed by atoms with Crippen molar-refractivity contribution in [1.82, 2.24) is 0 Å². The first-order valence-corrected chi connectivity index (χ1v) is 12.1. The summed E-state index contributed by atoms with van der Waals surface area (Å²) in [5.74, 6) is -1.02. The third-order valence-corrected chi connectivity index (χ3v) is 7.08. The number of hydrogen-bond donors (Lipinski definition) is 2. The van der Waals surface area contributed by atoms with E-state index in [0.29, 0.717) is 35.1 Å². The number of aliphatic hydroxyl groups excluding tert-OH is 1. The molecule has 0 saturated heterocycles. The Labute approximate surface area is 210 Å². The summed E-state index contributed by atoms with van der Waals surface area (Å²) in [4.78, 5) is 15.7. The highest BCUT2D eigenvalue weighted by molar-refractivity contribution is 6.20. The van der Waals surface area contributed by atoms with Crippen molar-refractivity contribution < 1.29 is 14.3 Å². The van der Waals surface area contributed by atoms with Crippen LogP contribution in [0.5, 0.6) is 0 Å². The number of carbonyl (C=O) groups excluding carboxylic acids is 1. The van der Waals surface area contributed by atoms with Gasteiger partial charge in [0.1, 0.15) is 17.4 Å². The fraction of sp³-hybridized carbons (Fsp3) is 0.226. The first-order valence-electron chi connectivity index (χ1n) is 12.1. The molecule has 5 rings (SSSR count). The molecule has 5 heteroatoms. The van der Waals surface area contributed by atoms with Crippen molar-refractivity contribution in [2.45, 2.75) is 39.5 Å². The van der Waals surface area contributed by atoms with Crippen LogP contribution in [0.1, 0.15) is 49.3 Å². The number of allylic oxidation sites excluding steroid dienone is 2. The Morgan fingerprint density at radius 1 is 0.972 bits per heavy atom. The van der Waals surface area contributed by atoms with Crippen LogP contribution >= 0.6 is 0 Å². The molecule has 3 aromatic rings. The zero-order valence-corrected chi connectivity index (χ0v) is 20.7. The molecular weight excluding hydrogens is 451 g/mol. The second-order valence-corrected chi connectivity index (χ2v) is 10.4. The van der Waals surface area contributed by atoms with Gasteiger partial charge in [-0.15, -0.1) is 0 Å². The fourth-order valence-corrected chi connectivity index (χ4v) is 5.43. The molecule has 0 amide bonds. The van der Waals surface area contributed by atoms with E-state index in [1.807, 2.05) is 54.3 Å². The van der Waals surface area contributed by atoms with Gasteiger partial charge in [0.25, 0.3) is 0 Å². The normalized spacial score (nSPS) is 20.9. The molecule has 2 N–H and O–H groups in total. The van der Waals surface area contributed by atoms with Gasteiger partial charge in [-0.1, -0.05) is 74.5 Å². The molecule has 1 heterocycles. The van der Waals surface area contributed by atoms with Crippen LogP contribution < -0.4 is 4.90 Å². The Balaban J connectivity index is 1.87. The molecule has 2 aliphatic rings. The summed E-state index contributed by atoms with van der Waals surface area (Å²) in [5.41, 5.74) is 4.38. The van der Waals surface area contributed by atoms with Crippen molar-refractivity contribution in [2.75, 3.05) is 4.90 Å². The molecule has 0 bridgehead atoms. The van der Waals surface area contributed by atoms with Crippen molar-refractivity contribution in [1.29, 1.82) is 5.41 Å². The number of aryl methyl sites for hydroxylation is 1. The van der Waals surface area contributed by atoms with Crippen LogP contribution in [0.3, 0.4) is 0 Å². The number of rotatable bonds is 3. The number of carbonyl (C=O) groups is 1. The van der Waals surface area contributed by atoms with Crippen LogP contribution in [0, 0.1) is 23.6 Å². The highest BCUT2D eigenvalue weighted by atomic mass is 19.1. The average Bonchev–Trinajstić information content (AvgIpc) is 2.84. The monoisotopic (exact) mass is 480 g/mol. The molecule has 1 atom stereocenters. The van der Waals surface area contributed by atoms with E-state index in [4.69, 9.17) is 0 Å². The fourth-order valence-electron chi connectivity index (χ4n) is 5.43. The van der Waals surface area contributed by atoms with Crippen LogP contribution in [-0.2, 0) is 4.79 Å². The van der Waals surface area contributed by atoms with E-state index in [1.54, 1.807) is 24.3 Å². The van der Waals surface area contributed by atoms with E-state index in [-0.39, 0.29) is 28.6 Å². The summed E-state index contributed by atoms with van der Waals surface area (Å²) < 4.78 is 13.9. The van der Waals surface area contributed by atoms with E-state index >= 15 is 0 Å². The van der Waals surface area contributed by atoms with Crippen molar-refractivity contribution in [2.24, 2.45) is 5.41 Å². The van der Waals surface area contributed by atoms with Gasteiger partial charge in [0, 0.05) is 34.7 Å². The predicted octanol–water partition coefficient (Wildman–Crippen LogP) is 7.33. The Kier molecular flexibility index (Phi) is 5.87. The van der Waals surface area contributed by atoms with Crippen molar-refractivity contribution in [3.05, 3.63) is 118 Å². The van der Waals surface area contributed by atoms with Gasteiger partial charge >= 0.3 is 0 Å². The standard InChI is InChI=1S/C31H29FN2O2/c1-19-9-7-8-12-23(19)34-24-17-31(2,3)18-25(35)27(24)26(20-13-15-22(32)16-14-20)28(30(34)33)29(36)21-10-5-4-6-11-21/h4-16,26,33,36H,17-18H2,1-3H3/b29-28+,33-30?. The molecule has 182 valence electrons. The molecule has 1 unspecified atom stereocenters. The lowest BCUT2D eigenvalue weighted by Gasteiger charge is -2.45. The summed E-state index contributed by atoms with van der Waals surface area (Å²) in [6.45, 7) is 6.10. The highest BCUT2D eigenvalue weighted by Crippen LogP contribution is 2.51. The first kappa shape index (κ1) is 23.7. The highest BCUT2D eigenvalue weighted by Gasteiger charge is 2.47. The number of nitrogens with one attached hydrogen (secondary N) is 1. The van der Waals surface area contributed by atoms with Gasteiger partial charge in [-0.2, -0.15) is 0 Å². The number of aliphatic hydroxyl groups is 1. The summed E-state index contributed by atoms with van der Waals surface area (Å²) in [5, 5.41) is 21.1. The van der Waals surface area contributed by atoms with Gasteiger partial charge in [-0.3, -0.25) is 15.1 Å². The molecule has 1 aliphatic carbocycles. The summed E-state index contributed by atoms with van der Waals surface area (Å²) in [6, 6.07) is 22.9. The van der Waals surface area contributed by atoms with Gasteiger partial charge in [-0.05, 0) is 48.1 Å². The SMILES string of the molecule is Cc1ccccc1N1C(=N)/C(=C(/O)c2ccccc2)C(c2ccc(F)cc2)C2=C1CC(C)(C)CC2=O. The van der Waals surface area contributed by atoms with E-state index in [9.17, 15) is 19.7 Å². The number of Topliss-reactive ketones (excluding diaryl/α,β-unsaturated/α-hetero) is 1. The second-order valence-electron chi connectivity index (χ2n) is 10.4. The molecule has 0 spiro atoms. The molecule has 36 heavy (non-hydrogen) atoms. The molecule has 0 fully saturated rings. The first-order chi connectivity index (χ1) is 17.2. The zero-order valence-electron chi connectivity index (χ0n) is 20.7. The van der Waals surface area contributed by atoms with E-state index in [1.165, 1.54) is 12.1 Å². The second kappa shape index (κ2) is 8.90. The quantitative estimate of drug-likeness (QED) is 0.386. The minimum atomic E-state index is -0.683. The smallest absolute Gasteiger partial charge is 0.162 e. The maximum absolute atomic E-state index is 13.9. The van der Waals surface area contributed by atoms with Crippen molar-refractivity contribution in [3.8, 4) is 0 Å². The average molecular weight is 481 g/mol. The van der Waals surface area contributed by atoms with Crippen LogP contribution in [0.4, 0.5) is 10.1 Å². The van der Waals surface area contributed by atoms with Crippen LogP contribution in [-0.4, -0.2) is 16.7 Å². The summed E-state index contributed by atoms with van der Waals surface area (Å²) in [6.07, 6.45) is 0.958. The maximum Gasteiger partial charge on any atom is 0.162 e. The number of para-hydroxylation sites is 1. The molecule has 0 radical (unpaired) electrons. The van der Waals surface area contributed by atoms with Gasteiger partial charge in [0.2, 0.25) is 0 Å². The lowest BCUT2D eigenvalue weighted by atomic mass is 9.67. The van der Waals surface area contributed by atoms with E-state index in [0.717, 1.165) is 16.9 Å². The number of benzene rings is 3. The van der Waals surface area contributed by atoms with Crippen LogP contribution in [0.15, 0.2) is 95.7 Å². The number of nitrogens with zero attached hydrogens (tertiary/aromatic N) is 1. The summed E-state index contributed by atoms with van der Waals surface area (Å²) >= 11 is 0. The molecule has 3 aromatic carbocycles. The Morgan fingerprint density at radius 2 is 1.61 bits per heavy atom. The molecule has 1 aliphatic heterocycles. The zero-order chi connectivity index (χ0) is 25.6. The number of amidine groups is 1. The minimum Gasteiger partial charge on any atom is -0.507 e. The third kappa shape index (κ3) is 4.05. The Bertz CT molecular complexity index is 1420. The van der Waals surface area contributed by atoms with E-state index in [2.05, 4.69) is 13.8 Å². The molecule has 4 nitrogen and oxygen atoms in total. The van der Waals surface area contributed by atoms with Crippen molar-refractivity contribution >= 4 is 23.1 Å². The van der Waals surface area contributed by atoms with Gasteiger partial charge in [0.05, 0.1) is 5.69 Å². The Morgan fingerprint density at radius 3 is 2.28 bits per heavy atom. The number of halogens is 1. The Hall–Kier alpha value is -3.99. The summed E-state index contributed by atoms with van der Waals surface area (Å²) in [7, 11) is 0. The number of ketones is 1. The van der Waals surface area contributed by atoms with Crippen molar-refractivity contribution in [3.63, 3.8) is 0 Å². The minimum absolute atomic E-state index is 0.0139. The molecule has 0 saturated carbocycles. The lowest BCUT2D eigenvalue weighted by molar-refractivity contribution is -0.118. The lowest BCUT2D eigenvalue weighted by Crippen LogP contribution is -2.45. The number of anilines is 1. The topological polar surface area (TPSA) is 64.4 Å². The molecule has 0 aromatic heterocycles.